The molecular formula is C13H20O3S. The zero-order valence-electron chi connectivity index (χ0n) is 10.6. The van der Waals surface area contributed by atoms with Gasteiger partial charge in [0.2, 0.25) is 0 Å². The highest BCUT2D eigenvalue weighted by Crippen LogP contribution is 2.14. The summed E-state index contributed by atoms with van der Waals surface area (Å²) in [5, 5.41) is 0. The smallest absolute Gasteiger partial charge is 0.266 e. The van der Waals surface area contributed by atoms with Crippen LogP contribution in [0.5, 0.6) is 0 Å². The third kappa shape index (κ3) is 4.88. The van der Waals surface area contributed by atoms with Crippen molar-refractivity contribution < 1.29 is 12.6 Å². The summed E-state index contributed by atoms with van der Waals surface area (Å²) >= 11 is 0. The molecule has 1 aromatic carbocycles. The van der Waals surface area contributed by atoms with Crippen molar-refractivity contribution in [2.75, 3.05) is 6.61 Å². The number of benzene rings is 1. The van der Waals surface area contributed by atoms with Crippen LogP contribution in [-0.2, 0) is 14.3 Å². The molecule has 0 N–H and O–H groups in total. The van der Waals surface area contributed by atoms with Gasteiger partial charge in [0.1, 0.15) is 0 Å². The van der Waals surface area contributed by atoms with Gasteiger partial charge in [-0.3, -0.25) is 4.18 Å². The van der Waals surface area contributed by atoms with Gasteiger partial charge in [0, 0.05) is 0 Å². The Morgan fingerprint density at radius 3 is 2.29 bits per heavy atom. The zero-order chi connectivity index (χ0) is 12.9. The van der Waals surface area contributed by atoms with Crippen LogP contribution in [0.1, 0.15) is 32.3 Å². The van der Waals surface area contributed by atoms with Crippen LogP contribution < -0.4 is 0 Å². The van der Waals surface area contributed by atoms with E-state index in [9.17, 15) is 8.42 Å². The molecule has 0 aliphatic heterocycles. The van der Waals surface area contributed by atoms with Gasteiger partial charge in [-0.2, -0.15) is 8.42 Å². The first-order chi connectivity index (χ1) is 7.92. The average Bonchev–Trinajstić information content (AvgIpc) is 2.25. The summed E-state index contributed by atoms with van der Waals surface area (Å²) in [7, 11) is -3.57. The summed E-state index contributed by atoms with van der Waals surface area (Å²) < 4.78 is 28.5. The lowest BCUT2D eigenvalue weighted by molar-refractivity contribution is 0.300. The van der Waals surface area contributed by atoms with Gasteiger partial charge in [-0.1, -0.05) is 31.5 Å². The molecule has 0 heterocycles. The van der Waals surface area contributed by atoms with Crippen molar-refractivity contribution in [3.8, 4) is 0 Å². The Morgan fingerprint density at radius 2 is 1.76 bits per heavy atom. The van der Waals surface area contributed by atoms with Crippen molar-refractivity contribution >= 4 is 10.1 Å². The first kappa shape index (κ1) is 14.2. The molecule has 0 aliphatic rings. The lowest BCUT2D eigenvalue weighted by Crippen LogP contribution is -2.08. The van der Waals surface area contributed by atoms with Crippen molar-refractivity contribution in [1.29, 1.82) is 0 Å². The van der Waals surface area contributed by atoms with Crippen LogP contribution in [0.4, 0.5) is 0 Å². The molecule has 1 aromatic rings. The van der Waals surface area contributed by atoms with Gasteiger partial charge in [0.05, 0.1) is 11.5 Å². The number of aryl methyl sites for hydroxylation is 1. The topological polar surface area (TPSA) is 43.4 Å². The van der Waals surface area contributed by atoms with E-state index >= 15 is 0 Å². The van der Waals surface area contributed by atoms with Crippen LogP contribution in [0, 0.1) is 12.8 Å². The summed E-state index contributed by atoms with van der Waals surface area (Å²) in [6, 6.07) is 6.69. The van der Waals surface area contributed by atoms with Gasteiger partial charge < -0.3 is 0 Å². The Morgan fingerprint density at radius 1 is 1.18 bits per heavy atom. The Kier molecular flexibility index (Phi) is 5.15. The molecular weight excluding hydrogens is 236 g/mol. The fourth-order valence-corrected chi connectivity index (χ4v) is 2.38. The highest BCUT2D eigenvalue weighted by atomic mass is 32.2. The summed E-state index contributed by atoms with van der Waals surface area (Å²) in [6.07, 6.45) is 1.74. The second kappa shape index (κ2) is 6.17. The van der Waals surface area contributed by atoms with Gasteiger partial charge in [0.25, 0.3) is 10.1 Å². The first-order valence-electron chi connectivity index (χ1n) is 5.88. The molecule has 0 aliphatic carbocycles. The summed E-state index contributed by atoms with van der Waals surface area (Å²) in [6.45, 7) is 6.39. The van der Waals surface area contributed by atoms with E-state index in [4.69, 9.17) is 4.18 Å². The van der Waals surface area contributed by atoms with Crippen molar-refractivity contribution in [2.45, 2.75) is 38.5 Å². The molecule has 96 valence electrons. The molecule has 0 saturated carbocycles. The monoisotopic (exact) mass is 256 g/mol. The van der Waals surface area contributed by atoms with Gasteiger partial charge in [-0.15, -0.1) is 0 Å². The molecule has 3 nitrogen and oxygen atoms in total. The van der Waals surface area contributed by atoms with E-state index in [0.717, 1.165) is 18.4 Å². The SMILES string of the molecule is Cc1ccc(S(=O)(=O)OCCCC(C)C)cc1. The normalized spacial score (nSPS) is 12.0. The van der Waals surface area contributed by atoms with E-state index in [-0.39, 0.29) is 11.5 Å². The maximum atomic E-state index is 11.8. The highest BCUT2D eigenvalue weighted by molar-refractivity contribution is 7.86. The van der Waals surface area contributed by atoms with Crippen molar-refractivity contribution in [1.82, 2.24) is 0 Å². The molecule has 1 rings (SSSR count). The third-order valence-electron chi connectivity index (χ3n) is 2.47. The van der Waals surface area contributed by atoms with E-state index in [2.05, 4.69) is 13.8 Å². The predicted molar refractivity (Wildman–Crippen MR) is 68.4 cm³/mol. The third-order valence-corrected chi connectivity index (χ3v) is 3.80. The van der Waals surface area contributed by atoms with Crippen molar-refractivity contribution in [3.05, 3.63) is 29.8 Å². The molecule has 0 fully saturated rings. The molecule has 17 heavy (non-hydrogen) atoms. The minimum atomic E-state index is -3.57. The van der Waals surface area contributed by atoms with E-state index in [1.165, 1.54) is 0 Å². The van der Waals surface area contributed by atoms with Crippen molar-refractivity contribution in [2.24, 2.45) is 5.92 Å². The van der Waals surface area contributed by atoms with Crippen molar-refractivity contribution in [3.63, 3.8) is 0 Å². The molecule has 0 radical (unpaired) electrons. The highest BCUT2D eigenvalue weighted by Gasteiger charge is 2.14. The largest absolute Gasteiger partial charge is 0.296 e. The lowest BCUT2D eigenvalue weighted by Gasteiger charge is -2.07. The summed E-state index contributed by atoms with van der Waals surface area (Å²) in [5.74, 6) is 0.570. The van der Waals surface area contributed by atoms with E-state index in [0.29, 0.717) is 5.92 Å². The van der Waals surface area contributed by atoms with Crippen LogP contribution in [0.15, 0.2) is 29.2 Å². The standard InChI is InChI=1S/C13H20O3S/c1-11(2)5-4-10-16-17(14,15)13-8-6-12(3)7-9-13/h6-9,11H,4-5,10H2,1-3H3. The minimum absolute atomic E-state index is 0.229. The number of rotatable bonds is 6. The van der Waals surface area contributed by atoms with Gasteiger partial charge >= 0.3 is 0 Å². The summed E-state index contributed by atoms with van der Waals surface area (Å²) in [5.41, 5.74) is 1.03. The Bertz CT molecular complexity index is 432. The van der Waals surface area contributed by atoms with Crippen LogP contribution in [0.2, 0.25) is 0 Å². The zero-order valence-corrected chi connectivity index (χ0v) is 11.5. The Labute approximate surface area is 104 Å². The fourth-order valence-electron chi connectivity index (χ4n) is 1.43. The maximum absolute atomic E-state index is 11.8. The average molecular weight is 256 g/mol. The predicted octanol–water partition coefficient (Wildman–Crippen LogP) is 3.14. The molecule has 0 bridgehead atoms. The molecule has 0 amide bonds. The Hall–Kier alpha value is -0.870. The quantitative estimate of drug-likeness (QED) is 0.580. The molecule has 4 heteroatoms. The van der Waals surface area contributed by atoms with E-state index < -0.39 is 10.1 Å². The fraction of sp³-hybridized carbons (Fsp3) is 0.538. The minimum Gasteiger partial charge on any atom is -0.266 e. The van der Waals surface area contributed by atoms with Crippen LogP contribution in [-0.4, -0.2) is 15.0 Å². The Balaban J connectivity index is 2.54. The summed E-state index contributed by atoms with van der Waals surface area (Å²) in [4.78, 5) is 0.229. The first-order valence-corrected chi connectivity index (χ1v) is 7.29. The number of hydrogen-bond donors (Lipinski definition) is 0. The molecule has 0 atom stereocenters. The lowest BCUT2D eigenvalue weighted by atomic mass is 10.1. The van der Waals surface area contributed by atoms with E-state index in [1.54, 1.807) is 24.3 Å². The second-order valence-electron chi connectivity index (χ2n) is 4.63. The molecule has 0 aromatic heterocycles. The van der Waals surface area contributed by atoms with Gasteiger partial charge in [-0.05, 0) is 37.8 Å². The van der Waals surface area contributed by atoms with Crippen LogP contribution >= 0.6 is 0 Å². The molecule has 0 saturated heterocycles. The maximum Gasteiger partial charge on any atom is 0.296 e. The van der Waals surface area contributed by atoms with Gasteiger partial charge in [0.15, 0.2) is 0 Å². The van der Waals surface area contributed by atoms with E-state index in [1.807, 2.05) is 6.92 Å². The molecule has 0 unspecified atom stereocenters. The van der Waals surface area contributed by atoms with Crippen LogP contribution in [0.25, 0.3) is 0 Å². The number of hydrogen-bond acceptors (Lipinski definition) is 3. The van der Waals surface area contributed by atoms with Crippen LogP contribution in [0.3, 0.4) is 0 Å². The second-order valence-corrected chi connectivity index (χ2v) is 6.24. The van der Waals surface area contributed by atoms with Gasteiger partial charge in [-0.25, -0.2) is 0 Å². The molecule has 0 spiro atoms.